The molecule has 3 aromatic rings. The van der Waals surface area contributed by atoms with E-state index in [9.17, 15) is 14.0 Å². The van der Waals surface area contributed by atoms with E-state index in [4.69, 9.17) is 4.74 Å². The smallest absolute Gasteiger partial charge is 0.261 e. The van der Waals surface area contributed by atoms with Gasteiger partial charge in [-0.25, -0.2) is 4.39 Å². The maximum atomic E-state index is 14.6. The molecular formula is C29H33FN2O3. The van der Waals surface area contributed by atoms with Gasteiger partial charge in [0.15, 0.2) is 6.61 Å². The Morgan fingerprint density at radius 2 is 1.63 bits per heavy atom. The SMILES string of the molecule is CC[C@@H](C)NC(=O)[C@@H](Cc1ccccc1)N(Cc1ccccc1F)C(=O)COc1ccc(C)cc1. The number of benzene rings is 3. The highest BCUT2D eigenvalue weighted by Gasteiger charge is 2.31. The van der Waals surface area contributed by atoms with Crippen molar-refractivity contribution in [2.75, 3.05) is 6.61 Å². The molecule has 0 fully saturated rings. The normalized spacial score (nSPS) is 12.5. The minimum Gasteiger partial charge on any atom is -0.484 e. The average Bonchev–Trinajstić information content (AvgIpc) is 2.87. The van der Waals surface area contributed by atoms with Crippen LogP contribution in [0.1, 0.15) is 37.0 Å². The van der Waals surface area contributed by atoms with Crippen LogP contribution in [0.4, 0.5) is 4.39 Å². The maximum Gasteiger partial charge on any atom is 0.261 e. The van der Waals surface area contributed by atoms with Gasteiger partial charge in [0, 0.05) is 24.6 Å². The third-order valence-electron chi connectivity index (χ3n) is 5.95. The zero-order valence-electron chi connectivity index (χ0n) is 20.5. The predicted molar refractivity (Wildman–Crippen MR) is 135 cm³/mol. The van der Waals surface area contributed by atoms with Crippen LogP contribution in [0.3, 0.4) is 0 Å². The molecule has 184 valence electrons. The zero-order chi connectivity index (χ0) is 25.2. The van der Waals surface area contributed by atoms with Gasteiger partial charge in [0.05, 0.1) is 0 Å². The van der Waals surface area contributed by atoms with E-state index in [1.165, 1.54) is 11.0 Å². The molecule has 0 heterocycles. The van der Waals surface area contributed by atoms with Crippen LogP contribution in [-0.2, 0) is 22.6 Å². The van der Waals surface area contributed by atoms with Crippen molar-refractivity contribution in [1.82, 2.24) is 10.2 Å². The Bertz CT molecular complexity index is 1100. The van der Waals surface area contributed by atoms with Crippen LogP contribution < -0.4 is 10.1 Å². The number of aryl methyl sites for hydroxylation is 1. The zero-order valence-corrected chi connectivity index (χ0v) is 20.5. The van der Waals surface area contributed by atoms with Gasteiger partial charge in [0.25, 0.3) is 5.91 Å². The van der Waals surface area contributed by atoms with Crippen LogP contribution in [0.5, 0.6) is 5.75 Å². The molecule has 2 amide bonds. The maximum absolute atomic E-state index is 14.6. The Hall–Kier alpha value is -3.67. The number of carbonyl (C=O) groups is 2. The van der Waals surface area contributed by atoms with Crippen molar-refractivity contribution in [1.29, 1.82) is 0 Å². The summed E-state index contributed by atoms with van der Waals surface area (Å²) in [5.74, 6) is -0.540. The number of hydrogen-bond acceptors (Lipinski definition) is 3. The summed E-state index contributed by atoms with van der Waals surface area (Å²) in [6.45, 7) is 5.55. The van der Waals surface area contributed by atoms with Crippen molar-refractivity contribution in [3.8, 4) is 5.75 Å². The van der Waals surface area contributed by atoms with Gasteiger partial charge in [-0.3, -0.25) is 9.59 Å². The molecule has 1 N–H and O–H groups in total. The summed E-state index contributed by atoms with van der Waals surface area (Å²) in [5, 5.41) is 3.00. The lowest BCUT2D eigenvalue weighted by Gasteiger charge is -2.32. The number of rotatable bonds is 11. The van der Waals surface area contributed by atoms with Crippen molar-refractivity contribution in [3.63, 3.8) is 0 Å². The lowest BCUT2D eigenvalue weighted by Crippen LogP contribution is -2.53. The van der Waals surface area contributed by atoms with Crippen LogP contribution in [0.2, 0.25) is 0 Å². The molecule has 0 aliphatic rings. The molecule has 0 bridgehead atoms. The number of amides is 2. The third kappa shape index (κ3) is 7.67. The van der Waals surface area contributed by atoms with E-state index in [1.807, 2.05) is 63.2 Å². The fourth-order valence-electron chi connectivity index (χ4n) is 3.67. The van der Waals surface area contributed by atoms with E-state index in [0.717, 1.165) is 17.5 Å². The fourth-order valence-corrected chi connectivity index (χ4v) is 3.67. The first-order valence-electron chi connectivity index (χ1n) is 11.9. The van der Waals surface area contributed by atoms with E-state index in [0.29, 0.717) is 17.7 Å². The molecule has 3 aromatic carbocycles. The highest BCUT2D eigenvalue weighted by atomic mass is 19.1. The van der Waals surface area contributed by atoms with Gasteiger partial charge < -0.3 is 15.0 Å². The molecule has 0 unspecified atom stereocenters. The van der Waals surface area contributed by atoms with Crippen molar-refractivity contribution in [2.45, 2.75) is 52.2 Å². The molecule has 0 aromatic heterocycles. The van der Waals surface area contributed by atoms with E-state index >= 15 is 0 Å². The number of carbonyl (C=O) groups excluding carboxylic acids is 2. The minimum absolute atomic E-state index is 0.0474. The summed E-state index contributed by atoms with van der Waals surface area (Å²) >= 11 is 0. The Balaban J connectivity index is 1.91. The summed E-state index contributed by atoms with van der Waals surface area (Å²) < 4.78 is 20.3. The highest BCUT2D eigenvalue weighted by molar-refractivity contribution is 5.88. The van der Waals surface area contributed by atoms with E-state index in [-0.39, 0.29) is 25.1 Å². The van der Waals surface area contributed by atoms with Crippen LogP contribution in [0.15, 0.2) is 78.9 Å². The first kappa shape index (κ1) is 25.9. The molecule has 5 nitrogen and oxygen atoms in total. The van der Waals surface area contributed by atoms with Crippen molar-refractivity contribution < 1.29 is 18.7 Å². The lowest BCUT2D eigenvalue weighted by atomic mass is 10.0. The molecule has 0 spiro atoms. The molecule has 3 rings (SSSR count). The molecule has 0 aliphatic heterocycles. The third-order valence-corrected chi connectivity index (χ3v) is 5.95. The predicted octanol–water partition coefficient (Wildman–Crippen LogP) is 5.07. The van der Waals surface area contributed by atoms with E-state index in [1.54, 1.807) is 30.3 Å². The molecule has 6 heteroatoms. The lowest BCUT2D eigenvalue weighted by molar-refractivity contribution is -0.143. The second kappa shape index (κ2) is 12.7. The Labute approximate surface area is 206 Å². The second-order valence-electron chi connectivity index (χ2n) is 8.74. The van der Waals surface area contributed by atoms with Crippen molar-refractivity contribution in [2.24, 2.45) is 0 Å². The van der Waals surface area contributed by atoms with Gasteiger partial charge in [-0.1, -0.05) is 73.2 Å². The highest BCUT2D eigenvalue weighted by Crippen LogP contribution is 2.18. The Morgan fingerprint density at radius 3 is 2.29 bits per heavy atom. The van der Waals surface area contributed by atoms with Crippen molar-refractivity contribution >= 4 is 11.8 Å². The second-order valence-corrected chi connectivity index (χ2v) is 8.74. The van der Waals surface area contributed by atoms with Gasteiger partial charge in [-0.2, -0.15) is 0 Å². The number of halogens is 1. The van der Waals surface area contributed by atoms with Crippen LogP contribution in [0, 0.1) is 12.7 Å². The molecule has 2 atom stereocenters. The number of nitrogens with one attached hydrogen (secondary N) is 1. The van der Waals surface area contributed by atoms with Gasteiger partial charge in [-0.05, 0) is 44.0 Å². The monoisotopic (exact) mass is 476 g/mol. The van der Waals surface area contributed by atoms with Crippen LogP contribution in [-0.4, -0.2) is 35.4 Å². The quantitative estimate of drug-likeness (QED) is 0.421. The minimum atomic E-state index is -0.833. The number of ether oxygens (including phenoxy) is 1. The van der Waals surface area contributed by atoms with Gasteiger partial charge in [0.1, 0.15) is 17.6 Å². The molecule has 0 aliphatic carbocycles. The molecule has 35 heavy (non-hydrogen) atoms. The summed E-state index contributed by atoms with van der Waals surface area (Å²) in [5.41, 5.74) is 2.32. The summed E-state index contributed by atoms with van der Waals surface area (Å²) in [6, 6.07) is 22.3. The number of nitrogens with zero attached hydrogens (tertiary/aromatic N) is 1. The molecule has 0 saturated carbocycles. The Kier molecular flexibility index (Phi) is 9.41. The standard InChI is InChI=1S/C29H33FN2O3/c1-4-22(3)31-29(34)27(18-23-10-6-5-7-11-23)32(19-24-12-8-9-13-26(24)30)28(33)20-35-25-16-14-21(2)15-17-25/h5-17,22,27H,4,18-20H2,1-3H3,(H,31,34)/t22-,27-/m1/s1. The van der Waals surface area contributed by atoms with Crippen LogP contribution in [0.25, 0.3) is 0 Å². The first-order valence-corrected chi connectivity index (χ1v) is 11.9. The van der Waals surface area contributed by atoms with Gasteiger partial charge >= 0.3 is 0 Å². The molecule has 0 radical (unpaired) electrons. The summed E-state index contributed by atoms with van der Waals surface area (Å²) in [4.78, 5) is 28.3. The number of hydrogen-bond donors (Lipinski definition) is 1. The largest absolute Gasteiger partial charge is 0.484 e. The topological polar surface area (TPSA) is 58.6 Å². The van der Waals surface area contributed by atoms with Crippen LogP contribution >= 0.6 is 0 Å². The van der Waals surface area contributed by atoms with E-state index in [2.05, 4.69) is 5.32 Å². The summed E-state index contributed by atoms with van der Waals surface area (Å²) in [7, 11) is 0. The van der Waals surface area contributed by atoms with Crippen molar-refractivity contribution in [3.05, 3.63) is 101 Å². The average molecular weight is 477 g/mol. The fraction of sp³-hybridized carbons (Fsp3) is 0.310. The van der Waals surface area contributed by atoms with Gasteiger partial charge in [-0.15, -0.1) is 0 Å². The summed E-state index contributed by atoms with van der Waals surface area (Å²) in [6.07, 6.45) is 1.05. The Morgan fingerprint density at radius 1 is 0.971 bits per heavy atom. The van der Waals surface area contributed by atoms with Gasteiger partial charge in [0.2, 0.25) is 5.91 Å². The molecule has 0 saturated heterocycles. The van der Waals surface area contributed by atoms with E-state index < -0.39 is 17.8 Å². The first-order chi connectivity index (χ1) is 16.9. The molecular weight excluding hydrogens is 443 g/mol.